The second kappa shape index (κ2) is 9.16. The van der Waals surface area contributed by atoms with Gasteiger partial charge in [0.25, 0.3) is 5.91 Å². The molecule has 0 aliphatic heterocycles. The molecule has 0 heterocycles. The van der Waals surface area contributed by atoms with E-state index < -0.39 is 15.9 Å². The van der Waals surface area contributed by atoms with Gasteiger partial charge in [-0.05, 0) is 36.4 Å². The van der Waals surface area contributed by atoms with Crippen LogP contribution in [0.5, 0.6) is 5.75 Å². The van der Waals surface area contributed by atoms with Crippen molar-refractivity contribution in [1.29, 1.82) is 5.26 Å². The Morgan fingerprint density at radius 3 is 2.33 bits per heavy atom. The molecule has 142 valence electrons. The Bertz CT molecular complexity index is 930. The first kappa shape index (κ1) is 20.4. The van der Waals surface area contributed by atoms with Crippen molar-refractivity contribution in [3.05, 3.63) is 54.1 Å². The van der Waals surface area contributed by atoms with Gasteiger partial charge >= 0.3 is 0 Å². The van der Waals surface area contributed by atoms with Crippen LogP contribution in [0.15, 0.2) is 53.4 Å². The van der Waals surface area contributed by atoms with Crippen molar-refractivity contribution in [2.75, 3.05) is 25.0 Å². The summed E-state index contributed by atoms with van der Waals surface area (Å²) in [6.07, 6.45) is 0. The molecule has 0 saturated carbocycles. The number of nitrogens with one attached hydrogen (secondary N) is 1. The number of nitriles is 1. The summed E-state index contributed by atoms with van der Waals surface area (Å²) in [4.78, 5) is 12.2. The number of amides is 1. The third kappa shape index (κ3) is 5.06. The van der Waals surface area contributed by atoms with E-state index in [4.69, 9.17) is 10.00 Å². The standard InChI is InChI=1S/C19H21N3O4S/c1-3-22(4-2)27(24,25)17-11-9-16(10-12-17)21-19(23)14-26-18-8-6-5-7-15(18)13-20/h5-12H,3-4,14H2,1-2H3,(H,21,23). The van der Waals surface area contributed by atoms with Crippen LogP contribution in [0.25, 0.3) is 0 Å². The van der Waals surface area contributed by atoms with E-state index in [0.29, 0.717) is 30.1 Å². The molecule has 0 aliphatic carbocycles. The lowest BCUT2D eigenvalue weighted by Gasteiger charge is -2.18. The van der Waals surface area contributed by atoms with Gasteiger partial charge in [-0.15, -0.1) is 0 Å². The highest BCUT2D eigenvalue weighted by Crippen LogP contribution is 2.19. The second-order valence-corrected chi connectivity index (χ2v) is 7.50. The van der Waals surface area contributed by atoms with Gasteiger partial charge in [0.2, 0.25) is 10.0 Å². The molecule has 1 amide bonds. The van der Waals surface area contributed by atoms with Gasteiger partial charge in [-0.1, -0.05) is 26.0 Å². The molecule has 0 bridgehead atoms. The maximum Gasteiger partial charge on any atom is 0.262 e. The minimum absolute atomic E-state index is 0.170. The molecule has 2 aromatic rings. The van der Waals surface area contributed by atoms with E-state index in [1.165, 1.54) is 28.6 Å². The van der Waals surface area contributed by atoms with Crippen molar-refractivity contribution in [3.63, 3.8) is 0 Å². The van der Waals surface area contributed by atoms with Crippen LogP contribution in [0.1, 0.15) is 19.4 Å². The number of para-hydroxylation sites is 1. The average Bonchev–Trinajstić information content (AvgIpc) is 2.67. The highest BCUT2D eigenvalue weighted by Gasteiger charge is 2.21. The van der Waals surface area contributed by atoms with E-state index in [9.17, 15) is 13.2 Å². The molecular weight excluding hydrogens is 366 g/mol. The first-order chi connectivity index (χ1) is 12.9. The SMILES string of the molecule is CCN(CC)S(=O)(=O)c1ccc(NC(=O)COc2ccccc2C#N)cc1. The Morgan fingerprint density at radius 1 is 1.11 bits per heavy atom. The zero-order valence-electron chi connectivity index (χ0n) is 15.2. The molecule has 27 heavy (non-hydrogen) atoms. The van der Waals surface area contributed by atoms with Crippen LogP contribution >= 0.6 is 0 Å². The van der Waals surface area contributed by atoms with Crippen molar-refractivity contribution in [3.8, 4) is 11.8 Å². The molecule has 0 fully saturated rings. The number of benzene rings is 2. The van der Waals surface area contributed by atoms with E-state index in [2.05, 4.69) is 5.32 Å². The van der Waals surface area contributed by atoms with Gasteiger partial charge in [0.1, 0.15) is 11.8 Å². The molecule has 2 rings (SSSR count). The normalized spacial score (nSPS) is 11.0. The fourth-order valence-electron chi connectivity index (χ4n) is 2.45. The predicted octanol–water partition coefficient (Wildman–Crippen LogP) is 2.61. The van der Waals surface area contributed by atoms with Crippen LogP contribution < -0.4 is 10.1 Å². The first-order valence-electron chi connectivity index (χ1n) is 8.44. The van der Waals surface area contributed by atoms with E-state index in [0.717, 1.165) is 0 Å². The van der Waals surface area contributed by atoms with Crippen molar-refractivity contribution in [2.24, 2.45) is 0 Å². The monoisotopic (exact) mass is 387 g/mol. The Kier molecular flexibility index (Phi) is 6.93. The molecule has 0 unspecified atom stereocenters. The lowest BCUT2D eigenvalue weighted by atomic mass is 10.2. The van der Waals surface area contributed by atoms with Gasteiger partial charge in [-0.3, -0.25) is 4.79 Å². The zero-order valence-corrected chi connectivity index (χ0v) is 16.0. The number of hydrogen-bond donors (Lipinski definition) is 1. The summed E-state index contributed by atoms with van der Waals surface area (Å²) in [5.41, 5.74) is 0.798. The Hall–Kier alpha value is -2.89. The lowest BCUT2D eigenvalue weighted by molar-refractivity contribution is -0.118. The number of hydrogen-bond acceptors (Lipinski definition) is 5. The molecule has 0 spiro atoms. The Balaban J connectivity index is 2.00. The van der Waals surface area contributed by atoms with Crippen LogP contribution in [-0.2, 0) is 14.8 Å². The number of nitrogens with zero attached hydrogens (tertiary/aromatic N) is 2. The van der Waals surface area contributed by atoms with Crippen molar-refractivity contribution >= 4 is 21.6 Å². The van der Waals surface area contributed by atoms with Crippen molar-refractivity contribution in [1.82, 2.24) is 4.31 Å². The van der Waals surface area contributed by atoms with E-state index >= 15 is 0 Å². The number of ether oxygens (including phenoxy) is 1. The Labute approximate surface area is 159 Å². The summed E-state index contributed by atoms with van der Waals surface area (Å²) in [6, 6.07) is 14.6. The number of carbonyl (C=O) groups excluding carboxylic acids is 1. The molecule has 1 N–H and O–H groups in total. The quantitative estimate of drug-likeness (QED) is 0.750. The molecule has 0 aliphatic rings. The van der Waals surface area contributed by atoms with E-state index in [1.807, 2.05) is 6.07 Å². The highest BCUT2D eigenvalue weighted by molar-refractivity contribution is 7.89. The third-order valence-electron chi connectivity index (χ3n) is 3.85. The average molecular weight is 387 g/mol. The highest BCUT2D eigenvalue weighted by atomic mass is 32.2. The van der Waals surface area contributed by atoms with Crippen LogP contribution in [0.4, 0.5) is 5.69 Å². The smallest absolute Gasteiger partial charge is 0.262 e. The molecule has 2 aromatic carbocycles. The van der Waals surface area contributed by atoms with Gasteiger partial charge in [0.15, 0.2) is 6.61 Å². The minimum atomic E-state index is -3.54. The van der Waals surface area contributed by atoms with E-state index in [1.54, 1.807) is 38.1 Å². The second-order valence-electron chi connectivity index (χ2n) is 5.56. The summed E-state index contributed by atoms with van der Waals surface area (Å²) >= 11 is 0. The van der Waals surface area contributed by atoms with Gasteiger partial charge in [0, 0.05) is 18.8 Å². The van der Waals surface area contributed by atoms with Crippen molar-refractivity contribution in [2.45, 2.75) is 18.7 Å². The maximum absolute atomic E-state index is 12.4. The summed E-state index contributed by atoms with van der Waals surface area (Å²) < 4.78 is 31.6. The lowest BCUT2D eigenvalue weighted by Crippen LogP contribution is -2.30. The minimum Gasteiger partial charge on any atom is -0.482 e. The molecule has 7 nitrogen and oxygen atoms in total. The summed E-state index contributed by atoms with van der Waals surface area (Å²) in [7, 11) is -3.54. The molecule has 8 heteroatoms. The summed E-state index contributed by atoms with van der Waals surface area (Å²) in [5.74, 6) is -0.0853. The zero-order chi connectivity index (χ0) is 19.9. The Morgan fingerprint density at radius 2 is 1.74 bits per heavy atom. The van der Waals surface area contributed by atoms with Crippen LogP contribution in [0.3, 0.4) is 0 Å². The van der Waals surface area contributed by atoms with Crippen LogP contribution in [-0.4, -0.2) is 38.3 Å². The van der Waals surface area contributed by atoms with Gasteiger partial charge < -0.3 is 10.1 Å². The molecular formula is C19H21N3O4S. The molecule has 0 atom stereocenters. The van der Waals surface area contributed by atoms with Crippen LogP contribution in [0, 0.1) is 11.3 Å². The van der Waals surface area contributed by atoms with Crippen molar-refractivity contribution < 1.29 is 17.9 Å². The molecule has 0 radical (unpaired) electrons. The predicted molar refractivity (Wildman–Crippen MR) is 102 cm³/mol. The third-order valence-corrected chi connectivity index (χ3v) is 5.91. The fraction of sp³-hybridized carbons (Fsp3) is 0.263. The number of anilines is 1. The topological polar surface area (TPSA) is 99.5 Å². The van der Waals surface area contributed by atoms with Gasteiger partial charge in [-0.25, -0.2) is 8.42 Å². The maximum atomic E-state index is 12.4. The number of carbonyl (C=O) groups is 1. The van der Waals surface area contributed by atoms with E-state index in [-0.39, 0.29) is 11.5 Å². The summed E-state index contributed by atoms with van der Waals surface area (Å²) in [5, 5.41) is 11.6. The fourth-order valence-corrected chi connectivity index (χ4v) is 3.91. The number of rotatable bonds is 8. The summed E-state index contributed by atoms with van der Waals surface area (Å²) in [6.45, 7) is 4.07. The van der Waals surface area contributed by atoms with Crippen LogP contribution in [0.2, 0.25) is 0 Å². The largest absolute Gasteiger partial charge is 0.482 e. The molecule has 0 saturated heterocycles. The number of sulfonamides is 1. The van der Waals surface area contributed by atoms with Gasteiger partial charge in [-0.2, -0.15) is 9.57 Å². The molecule has 0 aromatic heterocycles. The first-order valence-corrected chi connectivity index (χ1v) is 9.88. The van der Waals surface area contributed by atoms with Gasteiger partial charge in [0.05, 0.1) is 10.5 Å².